The summed E-state index contributed by atoms with van der Waals surface area (Å²) in [5, 5.41) is 6.59. The second-order valence-electron chi connectivity index (χ2n) is 8.43. The Morgan fingerprint density at radius 3 is 2.33 bits per heavy atom. The van der Waals surface area contributed by atoms with Crippen LogP contribution in [0.5, 0.6) is 0 Å². The Labute approximate surface area is 180 Å². The van der Waals surface area contributed by atoms with Crippen molar-refractivity contribution >= 4 is 11.6 Å². The zero-order valence-corrected chi connectivity index (χ0v) is 18.3. The summed E-state index contributed by atoms with van der Waals surface area (Å²) in [5.41, 5.74) is 5.78. The van der Waals surface area contributed by atoms with Crippen LogP contribution < -0.4 is 0 Å². The van der Waals surface area contributed by atoms with Crippen molar-refractivity contribution in [1.82, 2.24) is 14.8 Å². The van der Waals surface area contributed by atoms with Crippen LogP contribution in [-0.4, -0.2) is 65.7 Å². The van der Waals surface area contributed by atoms with Gasteiger partial charge in [-0.2, -0.15) is 5.10 Å². The van der Waals surface area contributed by atoms with Crippen LogP contribution in [0.4, 0.5) is 0 Å². The topological polar surface area (TPSA) is 39.1 Å². The quantitative estimate of drug-likeness (QED) is 0.764. The third kappa shape index (κ3) is 4.47. The summed E-state index contributed by atoms with van der Waals surface area (Å²) in [6, 6.07) is 16.7. The summed E-state index contributed by atoms with van der Waals surface area (Å²) in [5.74, 6) is 0.0904. The van der Waals surface area contributed by atoms with E-state index in [1.54, 1.807) is 5.01 Å². The van der Waals surface area contributed by atoms with Crippen molar-refractivity contribution in [1.29, 1.82) is 0 Å². The summed E-state index contributed by atoms with van der Waals surface area (Å²) in [4.78, 5) is 18.0. The van der Waals surface area contributed by atoms with Gasteiger partial charge in [-0.05, 0) is 48.7 Å². The van der Waals surface area contributed by atoms with E-state index in [4.69, 9.17) is 5.10 Å². The third-order valence-electron chi connectivity index (χ3n) is 6.46. The van der Waals surface area contributed by atoms with E-state index in [2.05, 4.69) is 60.9 Å². The number of amides is 1. The van der Waals surface area contributed by atoms with Gasteiger partial charge in [-0.1, -0.05) is 49.4 Å². The number of carbonyl (C=O) groups is 1. The molecule has 2 aromatic carbocycles. The fourth-order valence-corrected chi connectivity index (χ4v) is 4.30. The number of benzene rings is 2. The molecule has 2 aromatic rings. The maximum absolute atomic E-state index is 13.3. The van der Waals surface area contributed by atoms with Crippen molar-refractivity contribution in [2.24, 2.45) is 5.10 Å². The van der Waals surface area contributed by atoms with Crippen LogP contribution in [0, 0.1) is 13.8 Å². The lowest BCUT2D eigenvalue weighted by Crippen LogP contribution is -2.49. The van der Waals surface area contributed by atoms with Crippen LogP contribution in [0.15, 0.2) is 53.6 Å². The van der Waals surface area contributed by atoms with E-state index in [9.17, 15) is 4.79 Å². The predicted octanol–water partition coefficient (Wildman–Crippen LogP) is 3.62. The third-order valence-corrected chi connectivity index (χ3v) is 6.46. The van der Waals surface area contributed by atoms with E-state index >= 15 is 0 Å². The van der Waals surface area contributed by atoms with E-state index in [1.165, 1.54) is 11.1 Å². The van der Waals surface area contributed by atoms with Crippen LogP contribution in [0.1, 0.15) is 41.6 Å². The molecule has 0 aromatic heterocycles. The highest BCUT2D eigenvalue weighted by Gasteiger charge is 2.34. The van der Waals surface area contributed by atoms with Gasteiger partial charge in [-0.15, -0.1) is 0 Å². The Balaban J connectivity index is 1.55. The van der Waals surface area contributed by atoms with Gasteiger partial charge in [-0.25, -0.2) is 5.01 Å². The molecule has 1 atom stereocenters. The van der Waals surface area contributed by atoms with Gasteiger partial charge in [0.25, 0.3) is 5.91 Å². The van der Waals surface area contributed by atoms with Gasteiger partial charge in [-0.3, -0.25) is 9.69 Å². The van der Waals surface area contributed by atoms with Gasteiger partial charge in [0.15, 0.2) is 0 Å². The highest BCUT2D eigenvalue weighted by molar-refractivity contribution is 6.03. The molecule has 0 aliphatic carbocycles. The number of carbonyl (C=O) groups excluding carboxylic acids is 1. The van der Waals surface area contributed by atoms with Crippen LogP contribution >= 0.6 is 0 Å². The fraction of sp³-hybridized carbons (Fsp3) is 0.440. The molecule has 30 heavy (non-hydrogen) atoms. The molecule has 0 N–H and O–H groups in total. The van der Waals surface area contributed by atoms with E-state index in [0.717, 1.165) is 56.0 Å². The van der Waals surface area contributed by atoms with Crippen molar-refractivity contribution in [3.8, 4) is 0 Å². The largest absolute Gasteiger partial charge is 0.301 e. The number of hydrogen-bond acceptors (Lipinski definition) is 4. The van der Waals surface area contributed by atoms with Gasteiger partial charge in [0.2, 0.25) is 0 Å². The van der Waals surface area contributed by atoms with Gasteiger partial charge >= 0.3 is 0 Å². The minimum Gasteiger partial charge on any atom is -0.301 e. The van der Waals surface area contributed by atoms with Gasteiger partial charge in [0.05, 0.1) is 18.3 Å². The van der Waals surface area contributed by atoms with Crippen LogP contribution in [0.25, 0.3) is 0 Å². The fourth-order valence-electron chi connectivity index (χ4n) is 4.30. The lowest BCUT2D eigenvalue weighted by Gasteiger charge is -2.34. The van der Waals surface area contributed by atoms with Crippen molar-refractivity contribution in [3.63, 3.8) is 0 Å². The zero-order chi connectivity index (χ0) is 21.1. The van der Waals surface area contributed by atoms with E-state index in [-0.39, 0.29) is 11.9 Å². The first-order chi connectivity index (χ1) is 14.5. The van der Waals surface area contributed by atoms with E-state index in [1.807, 2.05) is 18.2 Å². The molecule has 1 fully saturated rings. The molecule has 2 aliphatic rings. The Bertz CT molecular complexity index is 916. The van der Waals surface area contributed by atoms with E-state index in [0.29, 0.717) is 6.54 Å². The molecular formula is C25H32N4O. The normalized spacial score (nSPS) is 20.4. The summed E-state index contributed by atoms with van der Waals surface area (Å²) in [7, 11) is 0. The smallest absolute Gasteiger partial charge is 0.257 e. The average molecular weight is 405 g/mol. The Hall–Kier alpha value is -2.50. The van der Waals surface area contributed by atoms with Gasteiger partial charge in [0.1, 0.15) is 0 Å². The van der Waals surface area contributed by atoms with Crippen LogP contribution in [-0.2, 0) is 4.79 Å². The summed E-state index contributed by atoms with van der Waals surface area (Å²) in [6.45, 7) is 11.9. The van der Waals surface area contributed by atoms with Crippen molar-refractivity contribution in [2.45, 2.75) is 33.2 Å². The van der Waals surface area contributed by atoms with Crippen molar-refractivity contribution < 1.29 is 4.79 Å². The average Bonchev–Trinajstić information content (AvgIpc) is 3.22. The van der Waals surface area contributed by atoms with Crippen LogP contribution in [0.2, 0.25) is 0 Å². The standard InChI is InChI=1S/C25H32N4O/c1-4-27-12-14-28(15-13-27)18-25(30)29-24(21-8-6-5-7-9-21)17-23(26-29)22-11-10-19(2)20(3)16-22/h5-11,16,24H,4,12-15,17-18H2,1-3H3/t24-/m1/s1. The molecular weight excluding hydrogens is 372 g/mol. The number of hydrogen-bond donors (Lipinski definition) is 0. The molecule has 1 saturated heterocycles. The minimum absolute atomic E-state index is 0.0350. The van der Waals surface area contributed by atoms with Gasteiger partial charge < -0.3 is 4.90 Å². The predicted molar refractivity (Wildman–Crippen MR) is 122 cm³/mol. The first-order valence-corrected chi connectivity index (χ1v) is 11.0. The van der Waals surface area contributed by atoms with E-state index < -0.39 is 0 Å². The molecule has 2 heterocycles. The summed E-state index contributed by atoms with van der Waals surface area (Å²) >= 11 is 0. The zero-order valence-electron chi connectivity index (χ0n) is 18.3. The number of hydrazone groups is 1. The molecule has 0 spiro atoms. The van der Waals surface area contributed by atoms with Crippen LogP contribution in [0.3, 0.4) is 0 Å². The van der Waals surface area contributed by atoms with Crippen molar-refractivity contribution in [2.75, 3.05) is 39.3 Å². The number of piperazine rings is 1. The number of aryl methyl sites for hydroxylation is 2. The minimum atomic E-state index is -0.0350. The summed E-state index contributed by atoms with van der Waals surface area (Å²) < 4.78 is 0. The highest BCUT2D eigenvalue weighted by atomic mass is 16.2. The molecule has 5 heteroatoms. The Morgan fingerprint density at radius 2 is 1.67 bits per heavy atom. The molecule has 0 saturated carbocycles. The molecule has 4 rings (SSSR count). The highest BCUT2D eigenvalue weighted by Crippen LogP contribution is 2.33. The maximum atomic E-state index is 13.3. The first-order valence-electron chi connectivity index (χ1n) is 11.0. The molecule has 0 unspecified atom stereocenters. The monoisotopic (exact) mass is 404 g/mol. The SMILES string of the molecule is CCN1CCN(CC(=O)N2N=C(c3ccc(C)c(C)c3)C[C@@H]2c2ccccc2)CC1. The Morgan fingerprint density at radius 1 is 0.967 bits per heavy atom. The number of likely N-dealkylation sites (N-methyl/N-ethyl adjacent to an activating group) is 1. The summed E-state index contributed by atoms with van der Waals surface area (Å²) in [6.07, 6.45) is 0.752. The lowest BCUT2D eigenvalue weighted by atomic mass is 9.96. The second-order valence-corrected chi connectivity index (χ2v) is 8.43. The maximum Gasteiger partial charge on any atom is 0.257 e. The lowest BCUT2D eigenvalue weighted by molar-refractivity contribution is -0.134. The molecule has 1 amide bonds. The first kappa shape index (κ1) is 20.8. The molecule has 0 radical (unpaired) electrons. The molecule has 2 aliphatic heterocycles. The Kier molecular flexibility index (Phi) is 6.30. The van der Waals surface area contributed by atoms with Gasteiger partial charge in [0, 0.05) is 32.6 Å². The molecule has 5 nitrogen and oxygen atoms in total. The number of nitrogens with zero attached hydrogens (tertiary/aromatic N) is 4. The molecule has 0 bridgehead atoms. The molecule has 158 valence electrons. The van der Waals surface area contributed by atoms with Crippen molar-refractivity contribution in [3.05, 3.63) is 70.8 Å². The second kappa shape index (κ2) is 9.11. The number of rotatable bonds is 5.